The summed E-state index contributed by atoms with van der Waals surface area (Å²) in [4.78, 5) is 0. The number of rotatable bonds is 4. The second-order valence-corrected chi connectivity index (χ2v) is 5.52. The van der Waals surface area contributed by atoms with Crippen LogP contribution in [0.15, 0.2) is 48.5 Å². The first-order valence-electron chi connectivity index (χ1n) is 7.23. The second kappa shape index (κ2) is 7.09. The lowest BCUT2D eigenvalue weighted by Crippen LogP contribution is -2.43. The number of para-hydroxylation sites is 1. The molecule has 22 heavy (non-hydrogen) atoms. The molecule has 1 fully saturated rings. The first kappa shape index (κ1) is 15.3. The Bertz CT molecular complexity index is 597. The molecule has 1 heterocycles. The topological polar surface area (TPSA) is 30.5 Å². The quantitative estimate of drug-likeness (QED) is 0.933. The summed E-state index contributed by atoms with van der Waals surface area (Å²) in [6.07, 6.45) is -0.629. The van der Waals surface area contributed by atoms with Gasteiger partial charge in [0, 0.05) is 13.1 Å². The fourth-order valence-corrected chi connectivity index (χ4v) is 2.71. The monoisotopic (exact) mass is 321 g/mol. The molecular formula is C17H17ClFNO2. The molecule has 0 aliphatic carbocycles. The van der Waals surface area contributed by atoms with Gasteiger partial charge in [0.2, 0.25) is 0 Å². The summed E-state index contributed by atoms with van der Waals surface area (Å²) >= 11 is 6.08. The summed E-state index contributed by atoms with van der Waals surface area (Å²) in [6.45, 7) is 2.05. The van der Waals surface area contributed by atoms with E-state index in [0.29, 0.717) is 13.2 Å². The number of hydrogen-bond donors (Lipinski definition) is 1. The van der Waals surface area contributed by atoms with E-state index in [1.54, 1.807) is 12.1 Å². The van der Waals surface area contributed by atoms with Gasteiger partial charge in [-0.25, -0.2) is 4.39 Å². The van der Waals surface area contributed by atoms with Crippen molar-refractivity contribution >= 4 is 11.6 Å². The average Bonchev–Trinajstić information content (AvgIpc) is 2.56. The van der Waals surface area contributed by atoms with Crippen LogP contribution in [0.25, 0.3) is 0 Å². The van der Waals surface area contributed by atoms with E-state index in [-0.39, 0.29) is 16.9 Å². The zero-order valence-corrected chi connectivity index (χ0v) is 12.7. The summed E-state index contributed by atoms with van der Waals surface area (Å²) < 4.78 is 25.8. The van der Waals surface area contributed by atoms with Crippen LogP contribution in [0.4, 0.5) is 4.39 Å². The Morgan fingerprint density at radius 3 is 2.68 bits per heavy atom. The number of hydrogen-bond acceptors (Lipinski definition) is 3. The Kier molecular flexibility index (Phi) is 4.93. The highest BCUT2D eigenvalue weighted by atomic mass is 35.5. The number of ether oxygens (including phenoxy) is 2. The molecule has 0 saturated carbocycles. The molecule has 3 rings (SSSR count). The molecule has 5 heteroatoms. The van der Waals surface area contributed by atoms with Crippen molar-refractivity contribution in [1.82, 2.24) is 5.32 Å². The molecule has 2 atom stereocenters. The van der Waals surface area contributed by atoms with Gasteiger partial charge in [-0.3, -0.25) is 0 Å². The van der Waals surface area contributed by atoms with E-state index in [0.717, 1.165) is 12.1 Å². The zero-order chi connectivity index (χ0) is 15.4. The molecule has 1 unspecified atom stereocenters. The first-order chi connectivity index (χ1) is 10.8. The summed E-state index contributed by atoms with van der Waals surface area (Å²) in [5, 5.41) is 3.52. The van der Waals surface area contributed by atoms with Gasteiger partial charge in [0.05, 0.1) is 11.6 Å². The molecule has 0 spiro atoms. The van der Waals surface area contributed by atoms with Crippen molar-refractivity contribution in [3.8, 4) is 5.75 Å². The van der Waals surface area contributed by atoms with Crippen LogP contribution >= 0.6 is 11.6 Å². The highest BCUT2D eigenvalue weighted by Crippen LogP contribution is 2.34. The average molecular weight is 322 g/mol. The van der Waals surface area contributed by atoms with Crippen molar-refractivity contribution in [1.29, 1.82) is 0 Å². The van der Waals surface area contributed by atoms with Crippen molar-refractivity contribution in [3.63, 3.8) is 0 Å². The van der Waals surface area contributed by atoms with Crippen molar-refractivity contribution in [2.45, 2.75) is 12.2 Å². The third-order valence-electron chi connectivity index (χ3n) is 3.59. The van der Waals surface area contributed by atoms with E-state index >= 15 is 0 Å². The van der Waals surface area contributed by atoms with E-state index in [1.807, 2.05) is 30.3 Å². The lowest BCUT2D eigenvalue weighted by Gasteiger charge is -2.32. The maximum absolute atomic E-state index is 14.0. The van der Waals surface area contributed by atoms with Crippen LogP contribution in [0.5, 0.6) is 5.75 Å². The maximum atomic E-state index is 14.0. The third-order valence-corrected chi connectivity index (χ3v) is 3.88. The molecule has 1 N–H and O–H groups in total. The highest BCUT2D eigenvalue weighted by molar-refractivity contribution is 6.32. The van der Waals surface area contributed by atoms with Gasteiger partial charge < -0.3 is 14.8 Å². The van der Waals surface area contributed by atoms with Gasteiger partial charge in [-0.15, -0.1) is 0 Å². The van der Waals surface area contributed by atoms with Crippen LogP contribution < -0.4 is 10.1 Å². The Morgan fingerprint density at radius 1 is 1.18 bits per heavy atom. The molecular weight excluding hydrogens is 305 g/mol. The Morgan fingerprint density at radius 2 is 2.00 bits per heavy atom. The van der Waals surface area contributed by atoms with Crippen molar-refractivity contribution in [2.75, 3.05) is 19.7 Å². The summed E-state index contributed by atoms with van der Waals surface area (Å²) in [5.74, 6) is -0.413. The van der Waals surface area contributed by atoms with Gasteiger partial charge in [-0.1, -0.05) is 48.0 Å². The molecule has 0 aromatic heterocycles. The van der Waals surface area contributed by atoms with Gasteiger partial charge >= 0.3 is 0 Å². The van der Waals surface area contributed by atoms with Gasteiger partial charge in [0.25, 0.3) is 0 Å². The SMILES string of the molecule is Fc1cccc(Cl)c1O[C@@H](c1ccccc1)C1CNCCO1. The molecule has 2 aromatic carbocycles. The normalized spacial score (nSPS) is 19.6. The fourth-order valence-electron chi connectivity index (χ4n) is 2.50. The predicted octanol–water partition coefficient (Wildman–Crippen LogP) is 3.59. The molecule has 0 radical (unpaired) electrons. The van der Waals surface area contributed by atoms with Gasteiger partial charge in [-0.05, 0) is 17.7 Å². The van der Waals surface area contributed by atoms with Crippen molar-refractivity contribution in [3.05, 3.63) is 64.9 Å². The summed E-state index contributed by atoms with van der Waals surface area (Å²) in [5.41, 5.74) is 0.926. The number of nitrogens with one attached hydrogen (secondary N) is 1. The Hall–Kier alpha value is -1.62. The molecule has 0 bridgehead atoms. The van der Waals surface area contributed by atoms with Crippen molar-refractivity contribution in [2.24, 2.45) is 0 Å². The fraction of sp³-hybridized carbons (Fsp3) is 0.294. The third kappa shape index (κ3) is 3.40. The smallest absolute Gasteiger partial charge is 0.174 e. The van der Waals surface area contributed by atoms with E-state index in [9.17, 15) is 4.39 Å². The van der Waals surface area contributed by atoms with Gasteiger partial charge in [0.15, 0.2) is 17.7 Å². The van der Waals surface area contributed by atoms with Gasteiger partial charge in [-0.2, -0.15) is 0 Å². The lowest BCUT2D eigenvalue weighted by molar-refractivity contribution is -0.0442. The van der Waals surface area contributed by atoms with Crippen LogP contribution in [0, 0.1) is 5.82 Å². The molecule has 1 aliphatic heterocycles. The Balaban J connectivity index is 1.91. The molecule has 1 saturated heterocycles. The maximum Gasteiger partial charge on any atom is 0.174 e. The van der Waals surface area contributed by atoms with E-state index < -0.39 is 11.9 Å². The van der Waals surface area contributed by atoms with Crippen LogP contribution in [0.2, 0.25) is 5.02 Å². The number of morpholine rings is 1. The largest absolute Gasteiger partial charge is 0.478 e. The predicted molar refractivity (Wildman–Crippen MR) is 83.8 cm³/mol. The highest BCUT2D eigenvalue weighted by Gasteiger charge is 2.29. The van der Waals surface area contributed by atoms with E-state index in [1.165, 1.54) is 6.07 Å². The van der Waals surface area contributed by atoms with Crippen LogP contribution in [0.1, 0.15) is 11.7 Å². The summed E-state index contributed by atoms with van der Waals surface area (Å²) in [7, 11) is 0. The zero-order valence-electron chi connectivity index (χ0n) is 12.0. The number of benzene rings is 2. The summed E-state index contributed by atoms with van der Waals surface area (Å²) in [6, 6.07) is 14.2. The van der Waals surface area contributed by atoms with Crippen molar-refractivity contribution < 1.29 is 13.9 Å². The van der Waals surface area contributed by atoms with Crippen LogP contribution in [-0.4, -0.2) is 25.8 Å². The number of halogens is 2. The molecule has 2 aromatic rings. The lowest BCUT2D eigenvalue weighted by atomic mass is 10.0. The standard InChI is InChI=1S/C17H17ClFNO2/c18-13-7-4-8-14(19)17(13)22-16(12-5-2-1-3-6-12)15-11-20-9-10-21-15/h1-8,15-16,20H,9-11H2/t15?,16-/m0/s1. The van der Waals surface area contributed by atoms with Gasteiger partial charge in [0.1, 0.15) is 6.10 Å². The van der Waals surface area contributed by atoms with Crippen LogP contribution in [0.3, 0.4) is 0 Å². The first-order valence-corrected chi connectivity index (χ1v) is 7.61. The second-order valence-electron chi connectivity index (χ2n) is 5.11. The molecule has 3 nitrogen and oxygen atoms in total. The van der Waals surface area contributed by atoms with E-state index in [4.69, 9.17) is 21.1 Å². The van der Waals surface area contributed by atoms with E-state index in [2.05, 4.69) is 5.32 Å². The minimum absolute atomic E-state index is 0.0622. The minimum atomic E-state index is -0.475. The minimum Gasteiger partial charge on any atom is -0.478 e. The molecule has 0 amide bonds. The Labute approximate surface area is 134 Å². The van der Waals surface area contributed by atoms with Crippen LogP contribution in [-0.2, 0) is 4.74 Å². The molecule has 1 aliphatic rings. The molecule has 116 valence electrons.